The summed E-state index contributed by atoms with van der Waals surface area (Å²) in [5.41, 5.74) is 1.14. The van der Waals surface area contributed by atoms with Gasteiger partial charge in [-0.1, -0.05) is 50.6 Å². The maximum absolute atomic E-state index is 12.1. The van der Waals surface area contributed by atoms with E-state index in [-0.39, 0.29) is 18.4 Å². The molecule has 0 spiro atoms. The van der Waals surface area contributed by atoms with E-state index in [4.69, 9.17) is 4.74 Å². The highest BCUT2D eigenvalue weighted by molar-refractivity contribution is 5.85. The van der Waals surface area contributed by atoms with Gasteiger partial charge >= 0.3 is 5.97 Å². The minimum atomic E-state index is -0.590. The average molecular weight is 306 g/mol. The molecule has 0 fully saturated rings. The Balaban J connectivity index is 2.54. The number of hydrogen-bond acceptors (Lipinski definition) is 4. The molecule has 1 rings (SSSR count). The van der Waals surface area contributed by atoms with Crippen LogP contribution in [0.1, 0.15) is 25.8 Å². The molecule has 0 aliphatic rings. The lowest BCUT2D eigenvalue weighted by Gasteiger charge is -2.23. The van der Waals surface area contributed by atoms with Crippen LogP contribution in [0.2, 0.25) is 0 Å². The van der Waals surface area contributed by atoms with E-state index < -0.39 is 12.0 Å². The van der Waals surface area contributed by atoms with Gasteiger partial charge in [0.2, 0.25) is 5.91 Å². The number of likely N-dealkylation sites (N-methyl/N-ethyl adjacent to an activating group) is 1. The highest BCUT2D eigenvalue weighted by atomic mass is 16.5. The minimum absolute atomic E-state index is 0.0378. The van der Waals surface area contributed by atoms with Crippen molar-refractivity contribution in [2.45, 2.75) is 32.9 Å². The maximum Gasteiger partial charge on any atom is 0.328 e. The highest BCUT2D eigenvalue weighted by Crippen LogP contribution is 2.09. The molecule has 1 aromatic carbocycles. The number of rotatable bonds is 8. The molecule has 0 aliphatic carbocycles. The minimum Gasteiger partial charge on any atom is -0.467 e. The zero-order valence-electron chi connectivity index (χ0n) is 13.8. The van der Waals surface area contributed by atoms with Gasteiger partial charge in [0.15, 0.2) is 0 Å². The highest BCUT2D eigenvalue weighted by Gasteiger charge is 2.26. The van der Waals surface area contributed by atoms with Crippen LogP contribution >= 0.6 is 0 Å². The molecule has 5 nitrogen and oxygen atoms in total. The van der Waals surface area contributed by atoms with Crippen LogP contribution in [0.5, 0.6) is 0 Å². The van der Waals surface area contributed by atoms with Gasteiger partial charge in [0.1, 0.15) is 6.04 Å². The number of hydrogen-bond donors (Lipinski definition) is 1. The lowest BCUT2D eigenvalue weighted by molar-refractivity contribution is -0.146. The van der Waals surface area contributed by atoms with Gasteiger partial charge in [-0.05, 0) is 18.5 Å². The molecular weight excluding hydrogens is 280 g/mol. The number of ether oxygens (including phenoxy) is 1. The van der Waals surface area contributed by atoms with Crippen molar-refractivity contribution in [3.05, 3.63) is 35.9 Å². The zero-order chi connectivity index (χ0) is 16.5. The van der Waals surface area contributed by atoms with Crippen LogP contribution in [-0.2, 0) is 20.9 Å². The van der Waals surface area contributed by atoms with E-state index in [9.17, 15) is 9.59 Å². The molecule has 0 radical (unpaired) electrons. The summed E-state index contributed by atoms with van der Waals surface area (Å²) < 4.78 is 4.77. The lowest BCUT2D eigenvalue weighted by Crippen LogP contribution is -2.48. The second-order valence-electron chi connectivity index (χ2n) is 5.61. The van der Waals surface area contributed by atoms with Gasteiger partial charge in [0.25, 0.3) is 0 Å². The van der Waals surface area contributed by atoms with E-state index in [0.717, 1.165) is 12.0 Å². The van der Waals surface area contributed by atoms with Gasteiger partial charge in [0, 0.05) is 6.54 Å². The van der Waals surface area contributed by atoms with Crippen LogP contribution < -0.4 is 5.32 Å². The quantitative estimate of drug-likeness (QED) is 0.744. The summed E-state index contributed by atoms with van der Waals surface area (Å²) in [5.74, 6) is -0.529. The van der Waals surface area contributed by atoms with Gasteiger partial charge in [-0.3, -0.25) is 9.69 Å². The van der Waals surface area contributed by atoms with Crippen molar-refractivity contribution in [3.63, 3.8) is 0 Å². The van der Waals surface area contributed by atoms with E-state index in [0.29, 0.717) is 6.54 Å². The summed E-state index contributed by atoms with van der Waals surface area (Å²) in [6.45, 7) is 4.82. The molecule has 0 heterocycles. The number of nitrogens with zero attached hydrogens (tertiary/aromatic N) is 1. The second-order valence-corrected chi connectivity index (χ2v) is 5.61. The van der Waals surface area contributed by atoms with E-state index in [1.807, 2.05) is 56.1 Å². The molecule has 1 aromatic rings. The third-order valence-electron chi connectivity index (χ3n) is 3.69. The SMILES string of the molecule is CC[C@@H](C)[C@@H](NC(=O)CN(C)Cc1ccccc1)C(=O)OC. The smallest absolute Gasteiger partial charge is 0.328 e. The first-order valence-electron chi connectivity index (χ1n) is 7.57. The molecule has 1 amide bonds. The van der Waals surface area contributed by atoms with Crippen LogP contribution in [0, 0.1) is 5.92 Å². The number of amides is 1. The fourth-order valence-corrected chi connectivity index (χ4v) is 2.21. The molecule has 0 bridgehead atoms. The topological polar surface area (TPSA) is 58.6 Å². The number of carbonyl (C=O) groups is 2. The molecule has 0 unspecified atom stereocenters. The molecule has 0 saturated carbocycles. The molecular formula is C17H26N2O3. The Labute approximate surface area is 132 Å². The van der Waals surface area contributed by atoms with Gasteiger partial charge in [-0.2, -0.15) is 0 Å². The molecule has 0 saturated heterocycles. The van der Waals surface area contributed by atoms with Crippen molar-refractivity contribution >= 4 is 11.9 Å². The van der Waals surface area contributed by atoms with Crippen LogP contribution in [-0.4, -0.2) is 43.5 Å². The molecule has 22 heavy (non-hydrogen) atoms. The summed E-state index contributed by atoms with van der Waals surface area (Å²) in [5, 5.41) is 2.78. The Morgan fingerprint density at radius 1 is 1.27 bits per heavy atom. The average Bonchev–Trinajstić information content (AvgIpc) is 2.51. The third-order valence-corrected chi connectivity index (χ3v) is 3.69. The number of methoxy groups -OCH3 is 1. The second kappa shape index (κ2) is 9.20. The van der Waals surface area contributed by atoms with E-state index in [1.165, 1.54) is 7.11 Å². The molecule has 0 aliphatic heterocycles. The first-order valence-corrected chi connectivity index (χ1v) is 7.57. The van der Waals surface area contributed by atoms with Gasteiger partial charge in [0.05, 0.1) is 13.7 Å². The predicted molar refractivity (Wildman–Crippen MR) is 86.2 cm³/mol. The number of nitrogens with one attached hydrogen (secondary N) is 1. The Hall–Kier alpha value is -1.88. The van der Waals surface area contributed by atoms with Crippen molar-refractivity contribution in [2.75, 3.05) is 20.7 Å². The Morgan fingerprint density at radius 2 is 1.91 bits per heavy atom. The summed E-state index contributed by atoms with van der Waals surface area (Å²) in [7, 11) is 3.22. The fourth-order valence-electron chi connectivity index (χ4n) is 2.21. The fraction of sp³-hybridized carbons (Fsp3) is 0.529. The summed E-state index contributed by atoms with van der Waals surface area (Å²) in [6.07, 6.45) is 0.792. The molecule has 2 atom stereocenters. The Bertz CT molecular complexity index is 476. The summed E-state index contributed by atoms with van der Waals surface area (Å²) >= 11 is 0. The molecule has 1 N–H and O–H groups in total. The lowest BCUT2D eigenvalue weighted by atomic mass is 9.99. The van der Waals surface area contributed by atoms with Crippen molar-refractivity contribution in [1.82, 2.24) is 10.2 Å². The third kappa shape index (κ3) is 5.85. The first-order chi connectivity index (χ1) is 10.5. The summed E-state index contributed by atoms with van der Waals surface area (Å²) in [6, 6.07) is 9.35. The van der Waals surface area contributed by atoms with Crippen LogP contribution in [0.3, 0.4) is 0 Å². The molecule has 5 heteroatoms. The summed E-state index contributed by atoms with van der Waals surface area (Å²) in [4.78, 5) is 25.8. The van der Waals surface area contributed by atoms with Gasteiger partial charge in [-0.15, -0.1) is 0 Å². The predicted octanol–water partition coefficient (Wildman–Crippen LogP) is 1.82. The monoisotopic (exact) mass is 306 g/mol. The van der Waals surface area contributed by atoms with Crippen molar-refractivity contribution in [3.8, 4) is 0 Å². The first kappa shape index (κ1) is 18.2. The number of benzene rings is 1. The Morgan fingerprint density at radius 3 is 2.45 bits per heavy atom. The van der Waals surface area contributed by atoms with Crippen molar-refractivity contribution in [1.29, 1.82) is 0 Å². The Kier molecular flexibility index (Phi) is 7.60. The maximum atomic E-state index is 12.1. The van der Waals surface area contributed by atoms with Crippen LogP contribution in [0.25, 0.3) is 0 Å². The number of esters is 1. The van der Waals surface area contributed by atoms with Crippen molar-refractivity contribution in [2.24, 2.45) is 5.92 Å². The van der Waals surface area contributed by atoms with Gasteiger partial charge in [-0.25, -0.2) is 4.79 Å². The van der Waals surface area contributed by atoms with E-state index in [2.05, 4.69) is 5.32 Å². The zero-order valence-corrected chi connectivity index (χ0v) is 13.8. The van der Waals surface area contributed by atoms with Crippen LogP contribution in [0.4, 0.5) is 0 Å². The van der Waals surface area contributed by atoms with Gasteiger partial charge < -0.3 is 10.1 Å². The standard InChI is InChI=1S/C17H26N2O3/c1-5-13(2)16(17(21)22-4)18-15(20)12-19(3)11-14-9-7-6-8-10-14/h6-10,13,16H,5,11-12H2,1-4H3,(H,18,20)/t13-,16-/m1/s1. The normalized spacial score (nSPS) is 13.5. The van der Waals surface area contributed by atoms with Crippen LogP contribution in [0.15, 0.2) is 30.3 Å². The molecule has 0 aromatic heterocycles. The largest absolute Gasteiger partial charge is 0.467 e. The van der Waals surface area contributed by atoms with E-state index in [1.54, 1.807) is 0 Å². The molecule has 122 valence electrons. The van der Waals surface area contributed by atoms with Crippen molar-refractivity contribution < 1.29 is 14.3 Å². The number of carbonyl (C=O) groups excluding carboxylic acids is 2. The van der Waals surface area contributed by atoms with E-state index >= 15 is 0 Å².